The molecule has 2 heterocycles. The van der Waals surface area contributed by atoms with Crippen molar-refractivity contribution in [2.45, 2.75) is 19.8 Å². The van der Waals surface area contributed by atoms with Crippen LogP contribution in [0.1, 0.15) is 24.1 Å². The van der Waals surface area contributed by atoms with E-state index in [2.05, 4.69) is 28.3 Å². The summed E-state index contributed by atoms with van der Waals surface area (Å²) >= 11 is 0. The van der Waals surface area contributed by atoms with Crippen LogP contribution >= 0.6 is 0 Å². The van der Waals surface area contributed by atoms with E-state index in [0.29, 0.717) is 11.5 Å². The van der Waals surface area contributed by atoms with Crippen LogP contribution in [0, 0.1) is 24.2 Å². The molecular weight excluding hydrogens is 224 g/mol. The molecule has 2 rings (SSSR count). The van der Waals surface area contributed by atoms with Gasteiger partial charge < -0.3 is 10.2 Å². The van der Waals surface area contributed by atoms with Gasteiger partial charge in [-0.3, -0.25) is 0 Å². The highest BCUT2D eigenvalue weighted by Crippen LogP contribution is 2.17. The Bertz CT molecular complexity index is 442. The number of nitrogens with one attached hydrogen (secondary N) is 1. The highest BCUT2D eigenvalue weighted by molar-refractivity contribution is 5.44. The number of likely N-dealkylation sites (tertiary alicyclic amines) is 1. The molecule has 1 aliphatic heterocycles. The molecule has 1 saturated heterocycles. The van der Waals surface area contributed by atoms with Crippen molar-refractivity contribution in [3.05, 3.63) is 23.4 Å². The molecule has 0 atom stereocenters. The third-order valence-corrected chi connectivity index (χ3v) is 3.49. The van der Waals surface area contributed by atoms with Crippen LogP contribution in [0.3, 0.4) is 0 Å². The van der Waals surface area contributed by atoms with E-state index in [4.69, 9.17) is 5.26 Å². The van der Waals surface area contributed by atoms with Gasteiger partial charge in [0, 0.05) is 12.2 Å². The minimum atomic E-state index is 0.674. The van der Waals surface area contributed by atoms with E-state index in [1.54, 1.807) is 6.07 Å². The number of nitrogens with zero attached hydrogens (tertiary/aromatic N) is 3. The van der Waals surface area contributed by atoms with Gasteiger partial charge in [0.15, 0.2) is 0 Å². The van der Waals surface area contributed by atoms with Gasteiger partial charge in [-0.05, 0) is 58.0 Å². The van der Waals surface area contributed by atoms with Crippen molar-refractivity contribution in [3.8, 4) is 6.07 Å². The number of aryl methyl sites for hydroxylation is 1. The van der Waals surface area contributed by atoms with E-state index in [0.717, 1.165) is 18.1 Å². The molecule has 0 saturated carbocycles. The van der Waals surface area contributed by atoms with E-state index >= 15 is 0 Å². The maximum absolute atomic E-state index is 8.92. The second kappa shape index (κ2) is 5.83. The quantitative estimate of drug-likeness (QED) is 0.883. The molecule has 0 bridgehead atoms. The van der Waals surface area contributed by atoms with E-state index in [1.807, 2.05) is 13.0 Å². The Morgan fingerprint density at radius 3 is 2.83 bits per heavy atom. The molecule has 1 aromatic rings. The van der Waals surface area contributed by atoms with Crippen molar-refractivity contribution >= 4 is 5.82 Å². The highest BCUT2D eigenvalue weighted by Gasteiger charge is 2.16. The SMILES string of the molecule is Cc1cc(C#N)cc(NCC2CCN(C)CC2)n1. The van der Waals surface area contributed by atoms with Crippen LogP contribution in [0.15, 0.2) is 12.1 Å². The van der Waals surface area contributed by atoms with Gasteiger partial charge in [0.1, 0.15) is 5.82 Å². The molecule has 1 N–H and O–H groups in total. The molecule has 0 amide bonds. The Hall–Kier alpha value is -1.60. The largest absolute Gasteiger partial charge is 0.370 e. The van der Waals surface area contributed by atoms with E-state index < -0.39 is 0 Å². The van der Waals surface area contributed by atoms with Gasteiger partial charge in [-0.25, -0.2) is 4.98 Å². The molecule has 1 aromatic heterocycles. The van der Waals surface area contributed by atoms with Gasteiger partial charge in [0.2, 0.25) is 0 Å². The first-order valence-electron chi connectivity index (χ1n) is 6.48. The lowest BCUT2D eigenvalue weighted by Gasteiger charge is -2.29. The monoisotopic (exact) mass is 244 g/mol. The Morgan fingerprint density at radius 2 is 2.17 bits per heavy atom. The van der Waals surface area contributed by atoms with Crippen LogP contribution in [0.2, 0.25) is 0 Å². The van der Waals surface area contributed by atoms with Gasteiger partial charge in [-0.1, -0.05) is 0 Å². The number of rotatable bonds is 3. The summed E-state index contributed by atoms with van der Waals surface area (Å²) in [4.78, 5) is 6.78. The summed E-state index contributed by atoms with van der Waals surface area (Å²) in [6.45, 7) is 5.23. The molecule has 0 aromatic carbocycles. The van der Waals surface area contributed by atoms with Gasteiger partial charge in [0.25, 0.3) is 0 Å². The lowest BCUT2D eigenvalue weighted by atomic mass is 9.97. The fourth-order valence-electron chi connectivity index (χ4n) is 2.34. The van der Waals surface area contributed by atoms with E-state index in [9.17, 15) is 0 Å². The summed E-state index contributed by atoms with van der Waals surface area (Å²) in [5, 5.41) is 12.3. The van der Waals surface area contributed by atoms with E-state index in [-0.39, 0.29) is 0 Å². The lowest BCUT2D eigenvalue weighted by Crippen LogP contribution is -2.33. The first-order valence-corrected chi connectivity index (χ1v) is 6.48. The fourth-order valence-corrected chi connectivity index (χ4v) is 2.34. The molecule has 4 heteroatoms. The maximum atomic E-state index is 8.92. The molecular formula is C14H20N4. The smallest absolute Gasteiger partial charge is 0.127 e. The number of aromatic nitrogens is 1. The fraction of sp³-hybridized carbons (Fsp3) is 0.571. The minimum absolute atomic E-state index is 0.674. The van der Waals surface area contributed by atoms with Crippen molar-refractivity contribution in [3.63, 3.8) is 0 Å². The number of nitriles is 1. The second-order valence-corrected chi connectivity index (χ2v) is 5.12. The van der Waals surface area contributed by atoms with Crippen molar-refractivity contribution in [1.82, 2.24) is 9.88 Å². The van der Waals surface area contributed by atoms with Crippen LogP contribution in [0.25, 0.3) is 0 Å². The van der Waals surface area contributed by atoms with Gasteiger partial charge >= 0.3 is 0 Å². The molecule has 96 valence electrons. The molecule has 0 radical (unpaired) electrons. The third-order valence-electron chi connectivity index (χ3n) is 3.49. The summed E-state index contributed by atoms with van der Waals surface area (Å²) in [7, 11) is 2.17. The molecule has 0 aliphatic carbocycles. The van der Waals surface area contributed by atoms with E-state index in [1.165, 1.54) is 25.9 Å². The lowest BCUT2D eigenvalue weighted by molar-refractivity contribution is 0.226. The summed E-state index contributed by atoms with van der Waals surface area (Å²) < 4.78 is 0. The predicted octanol–water partition coefficient (Wildman–Crippen LogP) is 2.02. The third kappa shape index (κ3) is 3.44. The summed E-state index contributed by atoms with van der Waals surface area (Å²) in [5.74, 6) is 1.54. The minimum Gasteiger partial charge on any atom is -0.370 e. The number of piperidine rings is 1. The highest BCUT2D eigenvalue weighted by atomic mass is 15.1. The van der Waals surface area contributed by atoms with Crippen molar-refractivity contribution < 1.29 is 0 Å². The van der Waals surface area contributed by atoms with Gasteiger partial charge in [0.05, 0.1) is 11.6 Å². The zero-order valence-electron chi connectivity index (χ0n) is 11.1. The average Bonchev–Trinajstić information content (AvgIpc) is 2.37. The number of pyridine rings is 1. The first-order chi connectivity index (χ1) is 8.67. The Morgan fingerprint density at radius 1 is 1.44 bits per heavy atom. The zero-order valence-corrected chi connectivity index (χ0v) is 11.1. The Labute approximate surface area is 109 Å². The normalized spacial score (nSPS) is 17.4. The summed E-state index contributed by atoms with van der Waals surface area (Å²) in [5.41, 5.74) is 1.56. The van der Waals surface area contributed by atoms with Crippen molar-refractivity contribution in [2.24, 2.45) is 5.92 Å². The van der Waals surface area contributed by atoms with Gasteiger partial charge in [-0.15, -0.1) is 0 Å². The number of anilines is 1. The van der Waals surface area contributed by atoms with Crippen LogP contribution < -0.4 is 5.32 Å². The van der Waals surface area contributed by atoms with Crippen LogP contribution in [0.5, 0.6) is 0 Å². The van der Waals surface area contributed by atoms with Crippen molar-refractivity contribution in [2.75, 3.05) is 32.0 Å². The number of hydrogen-bond donors (Lipinski definition) is 1. The molecule has 18 heavy (non-hydrogen) atoms. The molecule has 0 spiro atoms. The second-order valence-electron chi connectivity index (χ2n) is 5.12. The number of hydrogen-bond acceptors (Lipinski definition) is 4. The Kier molecular flexibility index (Phi) is 4.16. The molecule has 1 fully saturated rings. The van der Waals surface area contributed by atoms with Gasteiger partial charge in [-0.2, -0.15) is 5.26 Å². The Balaban J connectivity index is 1.90. The average molecular weight is 244 g/mol. The zero-order chi connectivity index (χ0) is 13.0. The molecule has 4 nitrogen and oxygen atoms in total. The summed E-state index contributed by atoms with van der Waals surface area (Å²) in [6, 6.07) is 5.79. The van der Waals surface area contributed by atoms with Crippen LogP contribution in [-0.2, 0) is 0 Å². The van der Waals surface area contributed by atoms with Crippen LogP contribution in [0.4, 0.5) is 5.82 Å². The van der Waals surface area contributed by atoms with Crippen LogP contribution in [-0.4, -0.2) is 36.6 Å². The van der Waals surface area contributed by atoms with Crippen molar-refractivity contribution in [1.29, 1.82) is 5.26 Å². The standard InChI is InChI=1S/C14H20N4/c1-11-7-13(9-15)8-14(17-11)16-10-12-3-5-18(2)6-4-12/h7-8,12H,3-6,10H2,1-2H3,(H,16,17). The first kappa shape index (κ1) is 12.8. The summed E-state index contributed by atoms with van der Waals surface area (Å²) in [6.07, 6.45) is 2.47. The predicted molar refractivity (Wildman–Crippen MR) is 72.4 cm³/mol. The maximum Gasteiger partial charge on any atom is 0.127 e. The molecule has 0 unspecified atom stereocenters. The molecule has 1 aliphatic rings. The topological polar surface area (TPSA) is 52.0 Å².